The summed E-state index contributed by atoms with van der Waals surface area (Å²) in [5.74, 6) is -0.503. The molecule has 0 N–H and O–H groups in total. The summed E-state index contributed by atoms with van der Waals surface area (Å²) in [6.07, 6.45) is 2.82. The fourth-order valence-corrected chi connectivity index (χ4v) is 1.83. The van der Waals surface area contributed by atoms with Crippen LogP contribution < -0.4 is 4.74 Å². The molecule has 1 heterocycles. The van der Waals surface area contributed by atoms with Crippen molar-refractivity contribution in [2.24, 2.45) is 0 Å². The van der Waals surface area contributed by atoms with E-state index in [1.807, 2.05) is 0 Å². The van der Waals surface area contributed by atoms with Gasteiger partial charge in [-0.2, -0.15) is 0 Å². The highest BCUT2D eigenvalue weighted by Gasteiger charge is 2.23. The van der Waals surface area contributed by atoms with Crippen LogP contribution in [0.2, 0.25) is 0 Å². The molecule has 0 atom stereocenters. The minimum Gasteiger partial charge on any atom is -0.496 e. The molecule has 1 aromatic carbocycles. The van der Waals surface area contributed by atoms with Crippen molar-refractivity contribution in [3.63, 3.8) is 0 Å². The van der Waals surface area contributed by atoms with E-state index in [2.05, 4.69) is 0 Å². The van der Waals surface area contributed by atoms with Crippen molar-refractivity contribution in [3.8, 4) is 5.75 Å². The van der Waals surface area contributed by atoms with E-state index in [1.54, 1.807) is 0 Å². The first-order valence-corrected chi connectivity index (χ1v) is 5.48. The molecule has 2 amide bonds. The standard InChI is InChI=1S/C13H12FNO3/c1-18-11-3-2-10(14)8-9(11)6-7-15-12(16)4-5-13(15)17/h2-5,8H,6-7H2,1H3. The molecular weight excluding hydrogens is 237 g/mol. The lowest BCUT2D eigenvalue weighted by molar-refractivity contribution is -0.136. The first-order chi connectivity index (χ1) is 8.61. The van der Waals surface area contributed by atoms with Gasteiger partial charge in [-0.05, 0) is 30.2 Å². The molecule has 4 nitrogen and oxygen atoms in total. The Kier molecular flexibility index (Phi) is 3.41. The van der Waals surface area contributed by atoms with Gasteiger partial charge in [-0.25, -0.2) is 4.39 Å². The molecule has 0 bridgehead atoms. The topological polar surface area (TPSA) is 46.6 Å². The van der Waals surface area contributed by atoms with Gasteiger partial charge in [-0.15, -0.1) is 0 Å². The number of halogens is 1. The molecule has 5 heteroatoms. The van der Waals surface area contributed by atoms with Crippen LogP contribution in [-0.2, 0) is 16.0 Å². The third-order valence-electron chi connectivity index (χ3n) is 2.75. The Balaban J connectivity index is 2.08. The summed E-state index contributed by atoms with van der Waals surface area (Å²) in [5, 5.41) is 0. The maximum absolute atomic E-state index is 13.1. The summed E-state index contributed by atoms with van der Waals surface area (Å²) in [5.41, 5.74) is 0.630. The predicted octanol–water partition coefficient (Wildman–Crippen LogP) is 1.30. The highest BCUT2D eigenvalue weighted by atomic mass is 19.1. The maximum Gasteiger partial charge on any atom is 0.253 e. The van der Waals surface area contributed by atoms with E-state index in [0.717, 1.165) is 4.90 Å². The van der Waals surface area contributed by atoms with E-state index in [9.17, 15) is 14.0 Å². The molecule has 0 aliphatic carbocycles. The number of amides is 2. The van der Waals surface area contributed by atoms with Gasteiger partial charge >= 0.3 is 0 Å². The van der Waals surface area contributed by atoms with Crippen LogP contribution >= 0.6 is 0 Å². The van der Waals surface area contributed by atoms with Gasteiger partial charge in [0.2, 0.25) is 0 Å². The molecule has 0 radical (unpaired) electrons. The van der Waals surface area contributed by atoms with Crippen LogP contribution in [0.4, 0.5) is 4.39 Å². The lowest BCUT2D eigenvalue weighted by atomic mass is 10.1. The quantitative estimate of drug-likeness (QED) is 0.756. The van der Waals surface area contributed by atoms with Gasteiger partial charge in [0, 0.05) is 18.7 Å². The van der Waals surface area contributed by atoms with Crippen molar-refractivity contribution in [2.75, 3.05) is 13.7 Å². The van der Waals surface area contributed by atoms with Crippen molar-refractivity contribution in [3.05, 3.63) is 41.7 Å². The SMILES string of the molecule is COc1ccc(F)cc1CCN1C(=O)C=CC1=O. The largest absolute Gasteiger partial charge is 0.496 e. The fraction of sp³-hybridized carbons (Fsp3) is 0.231. The normalized spacial score (nSPS) is 14.4. The number of rotatable bonds is 4. The van der Waals surface area contributed by atoms with E-state index in [1.165, 1.54) is 37.5 Å². The Bertz CT molecular complexity index is 507. The molecular formula is C13H12FNO3. The molecule has 1 aliphatic heterocycles. The van der Waals surface area contributed by atoms with E-state index >= 15 is 0 Å². The zero-order chi connectivity index (χ0) is 13.1. The van der Waals surface area contributed by atoms with Crippen LogP contribution in [0.3, 0.4) is 0 Å². The number of ether oxygens (including phenoxy) is 1. The van der Waals surface area contributed by atoms with E-state index < -0.39 is 0 Å². The van der Waals surface area contributed by atoms with Gasteiger partial charge in [0.1, 0.15) is 11.6 Å². The van der Waals surface area contributed by atoms with Gasteiger partial charge in [-0.1, -0.05) is 0 Å². The smallest absolute Gasteiger partial charge is 0.253 e. The van der Waals surface area contributed by atoms with Crippen LogP contribution in [0.15, 0.2) is 30.4 Å². The minimum absolute atomic E-state index is 0.213. The zero-order valence-electron chi connectivity index (χ0n) is 9.85. The molecule has 18 heavy (non-hydrogen) atoms. The highest BCUT2D eigenvalue weighted by molar-refractivity contribution is 6.12. The molecule has 0 unspecified atom stereocenters. The second-order valence-electron chi connectivity index (χ2n) is 3.87. The van der Waals surface area contributed by atoms with Crippen molar-refractivity contribution in [2.45, 2.75) is 6.42 Å². The number of carbonyl (C=O) groups is 2. The molecule has 0 saturated heterocycles. The minimum atomic E-state index is -0.372. The molecule has 2 rings (SSSR count). The lowest BCUT2D eigenvalue weighted by Crippen LogP contribution is -2.31. The Morgan fingerprint density at radius 2 is 1.89 bits per heavy atom. The number of hydrogen-bond acceptors (Lipinski definition) is 3. The molecule has 94 valence electrons. The van der Waals surface area contributed by atoms with Crippen LogP contribution in [0.5, 0.6) is 5.75 Å². The summed E-state index contributed by atoms with van der Waals surface area (Å²) >= 11 is 0. The molecule has 1 aromatic rings. The molecule has 0 fully saturated rings. The Hall–Kier alpha value is -2.17. The van der Waals surface area contributed by atoms with Crippen LogP contribution in [0.1, 0.15) is 5.56 Å². The average Bonchev–Trinajstić information content (AvgIpc) is 2.67. The average molecular weight is 249 g/mol. The van der Waals surface area contributed by atoms with Gasteiger partial charge in [0.15, 0.2) is 0 Å². The number of nitrogens with zero attached hydrogens (tertiary/aromatic N) is 1. The highest BCUT2D eigenvalue weighted by Crippen LogP contribution is 2.20. The molecule has 0 saturated carbocycles. The Labute approximate surface area is 104 Å². The summed E-state index contributed by atoms with van der Waals surface area (Å²) in [6, 6.07) is 4.17. The lowest BCUT2D eigenvalue weighted by Gasteiger charge is -2.15. The van der Waals surface area contributed by atoms with Gasteiger partial charge in [0.05, 0.1) is 7.11 Å². The van der Waals surface area contributed by atoms with Crippen molar-refractivity contribution in [1.82, 2.24) is 4.90 Å². The van der Waals surface area contributed by atoms with Crippen molar-refractivity contribution in [1.29, 1.82) is 0 Å². The first kappa shape index (κ1) is 12.3. The maximum atomic E-state index is 13.1. The van der Waals surface area contributed by atoms with Crippen molar-refractivity contribution >= 4 is 11.8 Å². The first-order valence-electron chi connectivity index (χ1n) is 5.48. The Morgan fingerprint density at radius 3 is 2.50 bits per heavy atom. The number of carbonyl (C=O) groups excluding carboxylic acids is 2. The number of hydrogen-bond donors (Lipinski definition) is 0. The van der Waals surface area contributed by atoms with Crippen LogP contribution in [0, 0.1) is 5.82 Å². The molecule has 0 aromatic heterocycles. The summed E-state index contributed by atoms with van der Waals surface area (Å²) in [4.78, 5) is 23.8. The monoisotopic (exact) mass is 249 g/mol. The predicted molar refractivity (Wildman–Crippen MR) is 62.5 cm³/mol. The van der Waals surface area contributed by atoms with Crippen LogP contribution in [0.25, 0.3) is 0 Å². The van der Waals surface area contributed by atoms with Crippen LogP contribution in [-0.4, -0.2) is 30.4 Å². The summed E-state index contributed by atoms with van der Waals surface area (Å²) < 4.78 is 18.2. The molecule has 0 spiro atoms. The number of benzene rings is 1. The van der Waals surface area contributed by atoms with E-state index in [-0.39, 0.29) is 24.2 Å². The number of imide groups is 1. The summed E-state index contributed by atoms with van der Waals surface area (Å²) in [7, 11) is 1.49. The third kappa shape index (κ3) is 2.40. The Morgan fingerprint density at radius 1 is 1.22 bits per heavy atom. The van der Waals surface area contributed by atoms with Gasteiger partial charge in [0.25, 0.3) is 11.8 Å². The number of methoxy groups -OCH3 is 1. The van der Waals surface area contributed by atoms with E-state index in [4.69, 9.17) is 4.74 Å². The second kappa shape index (κ2) is 5.00. The fourth-order valence-electron chi connectivity index (χ4n) is 1.83. The second-order valence-corrected chi connectivity index (χ2v) is 3.87. The third-order valence-corrected chi connectivity index (χ3v) is 2.75. The van der Waals surface area contributed by atoms with Crippen molar-refractivity contribution < 1.29 is 18.7 Å². The molecule has 1 aliphatic rings. The van der Waals surface area contributed by atoms with Gasteiger partial charge in [-0.3, -0.25) is 14.5 Å². The zero-order valence-corrected chi connectivity index (χ0v) is 9.85. The van der Waals surface area contributed by atoms with E-state index in [0.29, 0.717) is 17.7 Å². The van der Waals surface area contributed by atoms with Gasteiger partial charge < -0.3 is 4.74 Å². The summed E-state index contributed by atoms with van der Waals surface area (Å²) in [6.45, 7) is 0.213.